The van der Waals surface area contributed by atoms with Gasteiger partial charge in [-0.2, -0.15) is 0 Å². The Labute approximate surface area is 189 Å². The molecule has 2 fully saturated rings. The maximum atomic E-state index is 10.3. The highest BCUT2D eigenvalue weighted by atomic mass is 16.3. The molecule has 0 aromatic heterocycles. The van der Waals surface area contributed by atoms with Crippen molar-refractivity contribution in [2.75, 3.05) is 0 Å². The second-order valence-corrected chi connectivity index (χ2v) is 11.0. The molecule has 1 unspecified atom stereocenters. The molecule has 0 spiro atoms. The standard InChI is InChI=1S/C28H44O/c1-18(2)19(3)7-8-20(4)24-11-12-25-23-10-9-21-17-22(29)13-15-27(21,5)26(23)14-16-28(24,25)6/h10,14,18,20-22,24-25,29H,3,7-9,11-13,15-17H2,1-2,4-6H3/t20-,21?,22+,24-,25+,27+,28-/m1/s1/i1D3,2D3,18D. The lowest BCUT2D eigenvalue weighted by atomic mass is 9.51. The van der Waals surface area contributed by atoms with Crippen molar-refractivity contribution in [2.45, 2.75) is 98.4 Å². The van der Waals surface area contributed by atoms with Crippen LogP contribution in [-0.2, 0) is 0 Å². The Morgan fingerprint density at radius 3 is 2.86 bits per heavy atom. The normalized spacial score (nSPS) is 47.2. The average molecular weight is 404 g/mol. The summed E-state index contributed by atoms with van der Waals surface area (Å²) in [5, 5.41) is 10.3. The summed E-state index contributed by atoms with van der Waals surface area (Å²) in [4.78, 5) is 0. The van der Waals surface area contributed by atoms with Crippen LogP contribution in [0.2, 0.25) is 0 Å². The summed E-state index contributed by atoms with van der Waals surface area (Å²) in [6.07, 6.45) is 12.8. The summed E-state index contributed by atoms with van der Waals surface area (Å²) >= 11 is 0. The molecule has 0 radical (unpaired) electrons. The van der Waals surface area contributed by atoms with Gasteiger partial charge in [0.2, 0.25) is 0 Å². The summed E-state index contributed by atoms with van der Waals surface area (Å²) in [5.74, 6) is -0.881. The van der Waals surface area contributed by atoms with Crippen LogP contribution in [0.3, 0.4) is 0 Å². The third-order valence-corrected chi connectivity index (χ3v) is 9.48. The second kappa shape index (κ2) is 7.70. The Morgan fingerprint density at radius 2 is 2.10 bits per heavy atom. The topological polar surface area (TPSA) is 20.2 Å². The highest BCUT2D eigenvalue weighted by molar-refractivity contribution is 5.46. The molecule has 4 rings (SSSR count). The van der Waals surface area contributed by atoms with Gasteiger partial charge in [-0.3, -0.25) is 0 Å². The van der Waals surface area contributed by atoms with Crippen molar-refractivity contribution in [1.29, 1.82) is 0 Å². The van der Waals surface area contributed by atoms with E-state index in [4.69, 9.17) is 9.60 Å². The number of aliphatic hydroxyl groups excluding tert-OH is 1. The Balaban J connectivity index is 1.50. The zero-order chi connectivity index (χ0) is 26.9. The smallest absolute Gasteiger partial charge is 0.0543 e. The lowest BCUT2D eigenvalue weighted by Crippen LogP contribution is -2.44. The molecule has 2 saturated carbocycles. The minimum Gasteiger partial charge on any atom is -0.393 e. The predicted molar refractivity (Wildman–Crippen MR) is 124 cm³/mol. The fourth-order valence-corrected chi connectivity index (χ4v) is 7.53. The van der Waals surface area contributed by atoms with E-state index in [9.17, 15) is 5.11 Å². The molecule has 29 heavy (non-hydrogen) atoms. The van der Waals surface area contributed by atoms with E-state index in [1.807, 2.05) is 0 Å². The molecule has 0 saturated heterocycles. The van der Waals surface area contributed by atoms with Gasteiger partial charge in [-0.1, -0.05) is 58.8 Å². The van der Waals surface area contributed by atoms with E-state index in [2.05, 4.69) is 39.5 Å². The summed E-state index contributed by atoms with van der Waals surface area (Å²) in [6, 6.07) is 0. The third kappa shape index (κ3) is 3.50. The summed E-state index contributed by atoms with van der Waals surface area (Å²) in [7, 11) is 0. The Morgan fingerprint density at radius 1 is 1.31 bits per heavy atom. The maximum Gasteiger partial charge on any atom is 0.0543 e. The molecule has 162 valence electrons. The molecule has 0 bridgehead atoms. The first-order chi connectivity index (χ1) is 16.5. The molecule has 0 aromatic carbocycles. The first-order valence-corrected chi connectivity index (χ1v) is 11.7. The van der Waals surface area contributed by atoms with Gasteiger partial charge in [-0.25, -0.2) is 0 Å². The molecule has 1 heteroatoms. The van der Waals surface area contributed by atoms with Crippen LogP contribution in [0.25, 0.3) is 0 Å². The minimum atomic E-state index is -2.95. The van der Waals surface area contributed by atoms with E-state index in [1.165, 1.54) is 11.1 Å². The monoisotopic (exact) mass is 403 g/mol. The van der Waals surface area contributed by atoms with E-state index in [1.54, 1.807) is 0 Å². The van der Waals surface area contributed by atoms with Crippen LogP contribution >= 0.6 is 0 Å². The van der Waals surface area contributed by atoms with E-state index < -0.39 is 19.6 Å². The van der Waals surface area contributed by atoms with Crippen molar-refractivity contribution < 1.29 is 14.7 Å². The molecule has 7 atom stereocenters. The van der Waals surface area contributed by atoms with Gasteiger partial charge in [0.25, 0.3) is 0 Å². The fraction of sp³-hybridized carbons (Fsp3) is 0.786. The summed E-state index contributed by atoms with van der Waals surface area (Å²) < 4.78 is 54.9. The van der Waals surface area contributed by atoms with Crippen LogP contribution < -0.4 is 0 Å². The molecule has 0 amide bonds. The molecule has 0 aliphatic heterocycles. The van der Waals surface area contributed by atoms with Crippen LogP contribution in [-0.4, -0.2) is 11.2 Å². The van der Waals surface area contributed by atoms with Crippen molar-refractivity contribution in [2.24, 2.45) is 40.4 Å². The van der Waals surface area contributed by atoms with Crippen LogP contribution in [0.15, 0.2) is 35.5 Å². The maximum absolute atomic E-state index is 10.3. The zero-order valence-electron chi connectivity index (χ0n) is 25.6. The number of allylic oxidation sites excluding steroid dienone is 5. The van der Waals surface area contributed by atoms with Crippen molar-refractivity contribution >= 4 is 0 Å². The molecular weight excluding hydrogens is 352 g/mol. The van der Waals surface area contributed by atoms with Gasteiger partial charge < -0.3 is 5.11 Å². The highest BCUT2D eigenvalue weighted by Gasteiger charge is 2.55. The minimum absolute atomic E-state index is 0.00619. The van der Waals surface area contributed by atoms with E-state index in [0.717, 1.165) is 44.9 Å². The first-order valence-electron chi connectivity index (χ1n) is 15.2. The van der Waals surface area contributed by atoms with Gasteiger partial charge in [0.1, 0.15) is 0 Å². The van der Waals surface area contributed by atoms with Crippen LogP contribution in [0.4, 0.5) is 0 Å². The predicted octanol–water partition coefficient (Wildman–Crippen LogP) is 7.47. The van der Waals surface area contributed by atoms with Gasteiger partial charge >= 0.3 is 0 Å². The Bertz CT molecular complexity index is 931. The number of hydrogen-bond acceptors (Lipinski definition) is 1. The first kappa shape index (κ1) is 14.3. The molecule has 0 heterocycles. The van der Waals surface area contributed by atoms with Gasteiger partial charge in [-0.15, -0.1) is 0 Å². The molecule has 0 aromatic rings. The van der Waals surface area contributed by atoms with Crippen molar-refractivity contribution in [3.05, 3.63) is 35.5 Å². The van der Waals surface area contributed by atoms with Gasteiger partial charge in [0.15, 0.2) is 0 Å². The molecule has 1 N–H and O–H groups in total. The number of fused-ring (bicyclic) bond motifs is 5. The lowest BCUT2D eigenvalue weighted by molar-refractivity contribution is 0.0310. The molecule has 1 nitrogen and oxygen atoms in total. The highest BCUT2D eigenvalue weighted by Crippen LogP contribution is 2.65. The third-order valence-electron chi connectivity index (χ3n) is 9.48. The fourth-order valence-electron chi connectivity index (χ4n) is 7.53. The SMILES string of the molecule is [2H]C([2H])([2H])C([2H])(C(=C)CC[C@@H](C)[C@H]1CC[C@H]2C3=CCC4C[C@@H](O)CC[C@]4(C)C3=CC[C@]12C)C([2H])([2H])[2H]. The van der Waals surface area contributed by atoms with Gasteiger partial charge in [0, 0.05) is 9.60 Å². The average Bonchev–Trinajstić information content (AvgIpc) is 3.12. The van der Waals surface area contributed by atoms with Crippen molar-refractivity contribution in [3.8, 4) is 0 Å². The van der Waals surface area contributed by atoms with Crippen molar-refractivity contribution in [1.82, 2.24) is 0 Å². The van der Waals surface area contributed by atoms with Crippen LogP contribution in [0, 0.1) is 40.4 Å². The molecular formula is C28H44O. The number of rotatable bonds is 5. The van der Waals surface area contributed by atoms with Crippen LogP contribution in [0.1, 0.15) is 102 Å². The second-order valence-electron chi connectivity index (χ2n) is 11.0. The van der Waals surface area contributed by atoms with Gasteiger partial charge in [0.05, 0.1) is 6.10 Å². The van der Waals surface area contributed by atoms with Crippen molar-refractivity contribution in [3.63, 3.8) is 0 Å². The lowest BCUT2D eigenvalue weighted by Gasteiger charge is -2.53. The summed E-state index contributed by atoms with van der Waals surface area (Å²) in [6.45, 7) is 4.94. The quantitative estimate of drug-likeness (QED) is 0.472. The zero-order valence-corrected chi connectivity index (χ0v) is 18.6. The van der Waals surface area contributed by atoms with Gasteiger partial charge in [-0.05, 0) is 109 Å². The van der Waals surface area contributed by atoms with Crippen LogP contribution in [0.5, 0.6) is 0 Å². The van der Waals surface area contributed by atoms with E-state index in [-0.39, 0.29) is 34.8 Å². The molecule has 4 aliphatic carbocycles. The van der Waals surface area contributed by atoms with E-state index >= 15 is 0 Å². The Kier molecular flexibility index (Phi) is 3.79. The number of hydrogen-bond donors (Lipinski definition) is 1. The van der Waals surface area contributed by atoms with E-state index in [0.29, 0.717) is 24.2 Å². The Hall–Kier alpha value is -0.820. The number of aliphatic hydroxyl groups is 1. The molecule has 4 aliphatic rings. The summed E-state index contributed by atoms with van der Waals surface area (Å²) in [5.41, 5.74) is 3.35. The largest absolute Gasteiger partial charge is 0.393 e.